The second-order valence-corrected chi connectivity index (χ2v) is 5.67. The lowest BCUT2D eigenvalue weighted by Gasteiger charge is -2.12. The Labute approximate surface area is 130 Å². The summed E-state index contributed by atoms with van der Waals surface area (Å²) in [5.41, 5.74) is 3.61. The summed E-state index contributed by atoms with van der Waals surface area (Å²) >= 11 is 0. The van der Waals surface area contributed by atoms with Crippen molar-refractivity contribution in [1.82, 2.24) is 14.8 Å². The van der Waals surface area contributed by atoms with Gasteiger partial charge in [0, 0.05) is 49.0 Å². The number of aromatic nitrogens is 1. The number of hydrogen-bond donors (Lipinski definition) is 1. The van der Waals surface area contributed by atoms with Crippen LogP contribution in [0, 0.1) is 0 Å². The molecular weight excluding hydrogens is 274 g/mol. The van der Waals surface area contributed by atoms with Crippen LogP contribution in [0.4, 0.5) is 4.79 Å². The standard InChI is InChI=1S/C18H21N3O/c1-4-21-16-8-6-5-7-14(16)15-11-13(9-10-17(15)21)12-19-18(22)20(2)3/h5-11H,4,12H2,1-3H3,(H,19,22). The number of urea groups is 1. The molecule has 3 rings (SSSR count). The molecule has 1 heterocycles. The number of amides is 2. The maximum absolute atomic E-state index is 11.7. The lowest BCUT2D eigenvalue weighted by Crippen LogP contribution is -2.33. The van der Waals surface area contributed by atoms with Gasteiger partial charge in [-0.3, -0.25) is 0 Å². The van der Waals surface area contributed by atoms with Crippen LogP contribution < -0.4 is 5.32 Å². The third-order valence-electron chi connectivity index (χ3n) is 4.00. The fraction of sp³-hybridized carbons (Fsp3) is 0.278. The van der Waals surface area contributed by atoms with Crippen LogP contribution in [0.5, 0.6) is 0 Å². The Morgan fingerprint density at radius 1 is 1.09 bits per heavy atom. The van der Waals surface area contributed by atoms with E-state index in [9.17, 15) is 4.79 Å². The van der Waals surface area contributed by atoms with E-state index in [0.29, 0.717) is 6.54 Å². The molecule has 4 nitrogen and oxygen atoms in total. The number of hydrogen-bond acceptors (Lipinski definition) is 1. The zero-order valence-corrected chi connectivity index (χ0v) is 13.3. The highest BCUT2D eigenvalue weighted by Gasteiger charge is 2.10. The lowest BCUT2D eigenvalue weighted by molar-refractivity contribution is 0.217. The van der Waals surface area contributed by atoms with Gasteiger partial charge in [0.05, 0.1) is 0 Å². The molecule has 2 amide bonds. The van der Waals surface area contributed by atoms with Crippen molar-refractivity contribution in [2.75, 3.05) is 14.1 Å². The summed E-state index contributed by atoms with van der Waals surface area (Å²) in [4.78, 5) is 13.2. The third-order valence-corrected chi connectivity index (χ3v) is 4.00. The minimum absolute atomic E-state index is 0.0731. The van der Waals surface area contributed by atoms with Crippen LogP contribution in [-0.4, -0.2) is 29.6 Å². The lowest BCUT2D eigenvalue weighted by atomic mass is 10.1. The molecule has 0 radical (unpaired) electrons. The van der Waals surface area contributed by atoms with Crippen molar-refractivity contribution >= 4 is 27.8 Å². The third kappa shape index (κ3) is 2.41. The highest BCUT2D eigenvalue weighted by Crippen LogP contribution is 2.29. The molecule has 0 fully saturated rings. The smallest absolute Gasteiger partial charge is 0.317 e. The maximum Gasteiger partial charge on any atom is 0.317 e. The quantitative estimate of drug-likeness (QED) is 0.788. The van der Waals surface area contributed by atoms with E-state index in [1.54, 1.807) is 19.0 Å². The van der Waals surface area contributed by atoms with E-state index in [2.05, 4.69) is 59.3 Å². The molecule has 0 unspecified atom stereocenters. The van der Waals surface area contributed by atoms with Crippen LogP contribution in [0.2, 0.25) is 0 Å². The van der Waals surface area contributed by atoms with Crippen molar-refractivity contribution in [3.63, 3.8) is 0 Å². The van der Waals surface area contributed by atoms with Crippen LogP contribution in [-0.2, 0) is 13.1 Å². The van der Waals surface area contributed by atoms with Gasteiger partial charge in [0.2, 0.25) is 0 Å². The Bertz CT molecular complexity index is 833. The van der Waals surface area contributed by atoms with Crippen molar-refractivity contribution in [3.8, 4) is 0 Å². The molecule has 0 bridgehead atoms. The van der Waals surface area contributed by atoms with Crippen molar-refractivity contribution < 1.29 is 4.79 Å². The second-order valence-electron chi connectivity index (χ2n) is 5.67. The second kappa shape index (κ2) is 5.72. The molecule has 4 heteroatoms. The van der Waals surface area contributed by atoms with Gasteiger partial charge in [0.15, 0.2) is 0 Å². The molecule has 114 valence electrons. The molecule has 1 N–H and O–H groups in total. The van der Waals surface area contributed by atoms with E-state index in [-0.39, 0.29) is 6.03 Å². The van der Waals surface area contributed by atoms with E-state index in [1.807, 2.05) is 0 Å². The number of carbonyl (C=O) groups is 1. The molecule has 0 aliphatic heterocycles. The van der Waals surface area contributed by atoms with E-state index in [0.717, 1.165) is 12.1 Å². The minimum atomic E-state index is -0.0731. The van der Waals surface area contributed by atoms with Gasteiger partial charge >= 0.3 is 6.03 Å². The number of para-hydroxylation sites is 1. The van der Waals surface area contributed by atoms with Crippen molar-refractivity contribution in [1.29, 1.82) is 0 Å². The van der Waals surface area contributed by atoms with Gasteiger partial charge in [-0.15, -0.1) is 0 Å². The van der Waals surface area contributed by atoms with E-state index in [4.69, 9.17) is 0 Å². The Hall–Kier alpha value is -2.49. The number of carbonyl (C=O) groups excluding carboxylic acids is 1. The van der Waals surface area contributed by atoms with Crippen molar-refractivity contribution in [2.45, 2.75) is 20.0 Å². The number of nitrogens with zero attached hydrogens (tertiary/aromatic N) is 2. The van der Waals surface area contributed by atoms with Gasteiger partial charge in [-0.25, -0.2) is 4.79 Å². The Balaban J connectivity index is 2.02. The summed E-state index contributed by atoms with van der Waals surface area (Å²) in [5.74, 6) is 0. The molecule has 0 aliphatic rings. The zero-order valence-electron chi connectivity index (χ0n) is 13.3. The maximum atomic E-state index is 11.7. The number of rotatable bonds is 3. The minimum Gasteiger partial charge on any atom is -0.341 e. The average Bonchev–Trinajstić information content (AvgIpc) is 2.85. The summed E-state index contributed by atoms with van der Waals surface area (Å²) < 4.78 is 2.33. The van der Waals surface area contributed by atoms with Crippen LogP contribution >= 0.6 is 0 Å². The average molecular weight is 295 g/mol. The highest BCUT2D eigenvalue weighted by molar-refractivity contribution is 6.08. The fourth-order valence-electron chi connectivity index (χ4n) is 2.89. The first-order valence-corrected chi connectivity index (χ1v) is 7.57. The summed E-state index contributed by atoms with van der Waals surface area (Å²) in [6, 6.07) is 14.8. The number of nitrogens with one attached hydrogen (secondary N) is 1. The van der Waals surface area contributed by atoms with Gasteiger partial charge < -0.3 is 14.8 Å². The fourth-order valence-corrected chi connectivity index (χ4v) is 2.89. The first-order valence-electron chi connectivity index (χ1n) is 7.57. The summed E-state index contributed by atoms with van der Waals surface area (Å²) in [5, 5.41) is 5.42. The Morgan fingerprint density at radius 2 is 1.82 bits per heavy atom. The van der Waals surface area contributed by atoms with E-state index < -0.39 is 0 Å². The SMILES string of the molecule is CCn1c2ccccc2c2cc(CNC(=O)N(C)C)ccc21. The molecule has 0 saturated carbocycles. The molecule has 0 spiro atoms. The largest absolute Gasteiger partial charge is 0.341 e. The molecule has 0 saturated heterocycles. The normalized spacial score (nSPS) is 11.0. The predicted molar refractivity (Wildman–Crippen MR) is 91.0 cm³/mol. The van der Waals surface area contributed by atoms with Crippen LogP contribution in [0.3, 0.4) is 0 Å². The molecule has 0 aliphatic carbocycles. The van der Waals surface area contributed by atoms with Crippen molar-refractivity contribution in [2.24, 2.45) is 0 Å². The first kappa shape index (κ1) is 14.4. The molecule has 3 aromatic rings. The molecule has 2 aromatic carbocycles. The monoisotopic (exact) mass is 295 g/mol. The van der Waals surface area contributed by atoms with Gasteiger partial charge in [-0.2, -0.15) is 0 Å². The Morgan fingerprint density at radius 3 is 2.55 bits per heavy atom. The van der Waals surface area contributed by atoms with Crippen LogP contribution in [0.15, 0.2) is 42.5 Å². The predicted octanol–water partition coefficient (Wildman–Crippen LogP) is 3.59. The zero-order chi connectivity index (χ0) is 15.7. The summed E-state index contributed by atoms with van der Waals surface area (Å²) in [7, 11) is 3.49. The summed E-state index contributed by atoms with van der Waals surface area (Å²) in [6.45, 7) is 3.65. The van der Waals surface area contributed by atoms with Gasteiger partial charge in [-0.05, 0) is 30.7 Å². The van der Waals surface area contributed by atoms with Gasteiger partial charge in [0.1, 0.15) is 0 Å². The number of aryl methyl sites for hydroxylation is 1. The molecule has 22 heavy (non-hydrogen) atoms. The van der Waals surface area contributed by atoms with Crippen LogP contribution in [0.1, 0.15) is 12.5 Å². The molecular formula is C18H21N3O. The topological polar surface area (TPSA) is 37.3 Å². The van der Waals surface area contributed by atoms with Crippen LogP contribution in [0.25, 0.3) is 21.8 Å². The molecule has 0 atom stereocenters. The number of fused-ring (bicyclic) bond motifs is 3. The van der Waals surface area contributed by atoms with E-state index in [1.165, 1.54) is 21.8 Å². The van der Waals surface area contributed by atoms with E-state index >= 15 is 0 Å². The first-order chi connectivity index (χ1) is 10.6. The molecule has 1 aromatic heterocycles. The van der Waals surface area contributed by atoms with Gasteiger partial charge in [-0.1, -0.05) is 24.3 Å². The summed E-state index contributed by atoms with van der Waals surface area (Å²) in [6.07, 6.45) is 0. The van der Waals surface area contributed by atoms with Gasteiger partial charge in [0.25, 0.3) is 0 Å². The number of benzene rings is 2. The Kier molecular flexibility index (Phi) is 3.75. The highest BCUT2D eigenvalue weighted by atomic mass is 16.2. The van der Waals surface area contributed by atoms with Crippen molar-refractivity contribution in [3.05, 3.63) is 48.0 Å².